The summed E-state index contributed by atoms with van der Waals surface area (Å²) in [5.41, 5.74) is 3.07. The lowest BCUT2D eigenvalue weighted by molar-refractivity contribution is 0.104. The molecule has 1 unspecified atom stereocenters. The maximum atomic E-state index is 12.1. The highest BCUT2D eigenvalue weighted by atomic mass is 16.3. The predicted octanol–water partition coefficient (Wildman–Crippen LogP) is 3.56. The van der Waals surface area contributed by atoms with Gasteiger partial charge in [-0.1, -0.05) is 66.7 Å². The number of benzene rings is 2. The zero-order valence-corrected chi connectivity index (χ0v) is 10.9. The van der Waals surface area contributed by atoms with Crippen molar-refractivity contribution in [1.29, 1.82) is 0 Å². The molecule has 0 amide bonds. The summed E-state index contributed by atoms with van der Waals surface area (Å²) in [5.74, 6) is -0.0938. The van der Waals surface area contributed by atoms with Gasteiger partial charge in [0.1, 0.15) is 6.10 Å². The SMILES string of the molecule is O=C(C=C1C=Cc2ccccc2C1O)c1ccccc1. The molecule has 0 spiro atoms. The molecular formula is C18H14O2. The van der Waals surface area contributed by atoms with Crippen molar-refractivity contribution in [2.45, 2.75) is 6.10 Å². The van der Waals surface area contributed by atoms with Gasteiger partial charge in [-0.3, -0.25) is 4.79 Å². The molecule has 2 heteroatoms. The molecule has 2 aromatic carbocycles. The van der Waals surface area contributed by atoms with E-state index >= 15 is 0 Å². The van der Waals surface area contributed by atoms with Crippen LogP contribution in [0.3, 0.4) is 0 Å². The van der Waals surface area contributed by atoms with E-state index in [2.05, 4.69) is 0 Å². The average Bonchev–Trinajstić information content (AvgIpc) is 2.51. The molecule has 20 heavy (non-hydrogen) atoms. The second-order valence-corrected chi connectivity index (χ2v) is 4.74. The van der Waals surface area contributed by atoms with Crippen LogP contribution in [-0.2, 0) is 0 Å². The lowest BCUT2D eigenvalue weighted by Gasteiger charge is -2.19. The second kappa shape index (κ2) is 5.27. The van der Waals surface area contributed by atoms with Crippen molar-refractivity contribution < 1.29 is 9.90 Å². The highest BCUT2D eigenvalue weighted by Crippen LogP contribution is 2.31. The van der Waals surface area contributed by atoms with Gasteiger partial charge in [0.2, 0.25) is 0 Å². The monoisotopic (exact) mass is 262 g/mol. The highest BCUT2D eigenvalue weighted by molar-refractivity contribution is 6.05. The average molecular weight is 262 g/mol. The van der Waals surface area contributed by atoms with Gasteiger partial charge < -0.3 is 5.11 Å². The fourth-order valence-corrected chi connectivity index (χ4v) is 2.33. The Labute approximate surface area is 117 Å². The molecule has 1 aliphatic rings. The third kappa shape index (κ3) is 2.33. The van der Waals surface area contributed by atoms with Gasteiger partial charge >= 0.3 is 0 Å². The zero-order valence-electron chi connectivity index (χ0n) is 10.9. The molecule has 0 saturated carbocycles. The highest BCUT2D eigenvalue weighted by Gasteiger charge is 2.19. The summed E-state index contributed by atoms with van der Waals surface area (Å²) in [4.78, 5) is 12.1. The lowest BCUT2D eigenvalue weighted by atomic mass is 9.90. The number of hydrogen-bond donors (Lipinski definition) is 1. The first-order valence-electron chi connectivity index (χ1n) is 6.52. The zero-order chi connectivity index (χ0) is 13.9. The fourth-order valence-electron chi connectivity index (χ4n) is 2.33. The Morgan fingerprint density at radius 2 is 1.65 bits per heavy atom. The van der Waals surface area contributed by atoms with Crippen LogP contribution in [0.2, 0.25) is 0 Å². The van der Waals surface area contributed by atoms with Crippen molar-refractivity contribution >= 4 is 11.9 Å². The lowest BCUT2D eigenvalue weighted by Crippen LogP contribution is -2.08. The number of aliphatic hydroxyl groups is 1. The van der Waals surface area contributed by atoms with Crippen LogP contribution in [0.25, 0.3) is 6.08 Å². The Bertz CT molecular complexity index is 696. The molecular weight excluding hydrogens is 248 g/mol. The Balaban J connectivity index is 1.93. The van der Waals surface area contributed by atoms with Crippen LogP contribution in [-0.4, -0.2) is 10.9 Å². The van der Waals surface area contributed by atoms with Crippen molar-refractivity contribution in [1.82, 2.24) is 0 Å². The van der Waals surface area contributed by atoms with E-state index in [0.29, 0.717) is 11.1 Å². The number of aliphatic hydroxyl groups excluding tert-OH is 1. The molecule has 0 fully saturated rings. The van der Waals surface area contributed by atoms with E-state index < -0.39 is 6.10 Å². The predicted molar refractivity (Wildman–Crippen MR) is 79.3 cm³/mol. The van der Waals surface area contributed by atoms with Crippen molar-refractivity contribution in [2.24, 2.45) is 0 Å². The molecule has 1 atom stereocenters. The normalized spacial score (nSPS) is 18.9. The van der Waals surface area contributed by atoms with E-state index in [1.807, 2.05) is 48.5 Å². The van der Waals surface area contributed by atoms with Gasteiger partial charge in [0.15, 0.2) is 5.78 Å². The molecule has 0 aromatic heterocycles. The smallest absolute Gasteiger partial charge is 0.186 e. The molecule has 0 radical (unpaired) electrons. The van der Waals surface area contributed by atoms with Gasteiger partial charge in [-0.2, -0.15) is 0 Å². The van der Waals surface area contributed by atoms with E-state index in [9.17, 15) is 9.90 Å². The molecule has 0 aliphatic heterocycles. The van der Waals surface area contributed by atoms with Crippen LogP contribution < -0.4 is 0 Å². The minimum Gasteiger partial charge on any atom is -0.384 e. The molecule has 3 rings (SSSR count). The number of carbonyl (C=O) groups excluding carboxylic acids is 1. The van der Waals surface area contributed by atoms with Crippen LogP contribution >= 0.6 is 0 Å². The second-order valence-electron chi connectivity index (χ2n) is 4.74. The molecule has 1 aliphatic carbocycles. The third-order valence-electron chi connectivity index (χ3n) is 3.42. The van der Waals surface area contributed by atoms with Crippen molar-refractivity contribution in [3.8, 4) is 0 Å². The van der Waals surface area contributed by atoms with E-state index in [1.165, 1.54) is 6.08 Å². The molecule has 0 heterocycles. The topological polar surface area (TPSA) is 37.3 Å². The van der Waals surface area contributed by atoms with Gasteiger partial charge in [-0.15, -0.1) is 0 Å². The van der Waals surface area contributed by atoms with Crippen molar-refractivity contribution in [2.75, 3.05) is 0 Å². The summed E-state index contributed by atoms with van der Waals surface area (Å²) in [6, 6.07) is 16.7. The Morgan fingerprint density at radius 1 is 0.950 bits per heavy atom. The van der Waals surface area contributed by atoms with Crippen LogP contribution in [0.4, 0.5) is 0 Å². The Kier molecular flexibility index (Phi) is 3.32. The van der Waals surface area contributed by atoms with Crippen LogP contribution in [0.1, 0.15) is 27.6 Å². The van der Waals surface area contributed by atoms with E-state index in [1.54, 1.807) is 18.2 Å². The first-order valence-corrected chi connectivity index (χ1v) is 6.52. The Hall–Kier alpha value is -2.45. The first kappa shape index (κ1) is 12.6. The number of fused-ring (bicyclic) bond motifs is 1. The number of hydrogen-bond acceptors (Lipinski definition) is 2. The number of carbonyl (C=O) groups is 1. The summed E-state index contributed by atoms with van der Waals surface area (Å²) in [5, 5.41) is 10.3. The summed E-state index contributed by atoms with van der Waals surface area (Å²) in [6.45, 7) is 0. The summed E-state index contributed by atoms with van der Waals surface area (Å²) >= 11 is 0. The Morgan fingerprint density at radius 3 is 2.45 bits per heavy atom. The van der Waals surface area contributed by atoms with E-state index in [4.69, 9.17) is 0 Å². The third-order valence-corrected chi connectivity index (χ3v) is 3.42. The molecule has 2 nitrogen and oxygen atoms in total. The maximum Gasteiger partial charge on any atom is 0.186 e. The van der Waals surface area contributed by atoms with Gasteiger partial charge in [0.05, 0.1) is 0 Å². The minimum atomic E-state index is -0.746. The van der Waals surface area contributed by atoms with Crippen LogP contribution in [0.5, 0.6) is 0 Å². The van der Waals surface area contributed by atoms with Gasteiger partial charge in [-0.25, -0.2) is 0 Å². The minimum absolute atomic E-state index is 0.0938. The quantitative estimate of drug-likeness (QED) is 0.663. The molecule has 0 saturated heterocycles. The number of allylic oxidation sites excluding steroid dienone is 1. The van der Waals surface area contributed by atoms with E-state index in [-0.39, 0.29) is 5.78 Å². The number of ketones is 1. The summed E-state index contributed by atoms with van der Waals surface area (Å²) < 4.78 is 0. The maximum absolute atomic E-state index is 12.1. The standard InChI is InChI=1S/C18H14O2/c19-17(14-7-2-1-3-8-14)12-15-11-10-13-6-4-5-9-16(13)18(15)20/h1-12,18,20H. The molecule has 1 N–H and O–H groups in total. The van der Waals surface area contributed by atoms with Crippen LogP contribution in [0.15, 0.2) is 72.3 Å². The number of rotatable bonds is 2. The van der Waals surface area contributed by atoms with Gasteiger partial charge in [0.25, 0.3) is 0 Å². The summed E-state index contributed by atoms with van der Waals surface area (Å²) in [7, 11) is 0. The fraction of sp³-hybridized carbons (Fsp3) is 0.0556. The molecule has 2 aromatic rings. The van der Waals surface area contributed by atoms with Crippen LogP contribution in [0, 0.1) is 0 Å². The van der Waals surface area contributed by atoms with Crippen molar-refractivity contribution in [3.05, 3.63) is 89.0 Å². The molecule has 98 valence electrons. The summed E-state index contributed by atoms with van der Waals surface area (Å²) in [6.07, 6.45) is 4.48. The molecule has 0 bridgehead atoms. The van der Waals surface area contributed by atoms with Gasteiger partial charge in [0, 0.05) is 5.56 Å². The van der Waals surface area contributed by atoms with Crippen molar-refractivity contribution in [3.63, 3.8) is 0 Å². The van der Waals surface area contributed by atoms with E-state index in [0.717, 1.165) is 11.1 Å². The first-order chi connectivity index (χ1) is 9.75. The largest absolute Gasteiger partial charge is 0.384 e. The van der Waals surface area contributed by atoms with Gasteiger partial charge in [-0.05, 0) is 22.8 Å².